The number of hydrogen-bond acceptors (Lipinski definition) is 6. The van der Waals surface area contributed by atoms with Crippen molar-refractivity contribution in [2.75, 3.05) is 18.4 Å². The molecule has 1 saturated heterocycles. The molecular weight excluding hydrogens is 486 g/mol. The van der Waals surface area contributed by atoms with E-state index in [4.69, 9.17) is 4.74 Å². The van der Waals surface area contributed by atoms with Crippen LogP contribution in [0.25, 0.3) is 10.8 Å². The zero-order valence-electron chi connectivity index (χ0n) is 22.0. The summed E-state index contributed by atoms with van der Waals surface area (Å²) in [4.78, 5) is 31.9. The molecule has 0 spiro atoms. The second-order valence-electron chi connectivity index (χ2n) is 10.7. The highest BCUT2D eigenvalue weighted by Gasteiger charge is 2.24. The first-order chi connectivity index (χ1) is 19.1. The maximum absolute atomic E-state index is 13.0. The van der Waals surface area contributed by atoms with Gasteiger partial charge in [0.25, 0.3) is 0 Å². The van der Waals surface area contributed by atoms with Crippen LogP contribution in [0.3, 0.4) is 0 Å². The van der Waals surface area contributed by atoms with E-state index in [1.54, 1.807) is 24.3 Å². The van der Waals surface area contributed by atoms with Crippen LogP contribution in [0.4, 0.5) is 5.69 Å². The topological polar surface area (TPSA) is 71.5 Å². The third kappa shape index (κ3) is 6.02. The Balaban J connectivity index is 1.03. The van der Waals surface area contributed by atoms with Gasteiger partial charge in [0.2, 0.25) is 0 Å². The van der Waals surface area contributed by atoms with Gasteiger partial charge in [-0.1, -0.05) is 48.5 Å². The van der Waals surface area contributed by atoms with Gasteiger partial charge < -0.3 is 10.1 Å². The van der Waals surface area contributed by atoms with Crippen LogP contribution in [0.5, 0.6) is 0 Å². The number of nitrogens with one attached hydrogen (secondary N) is 1. The van der Waals surface area contributed by atoms with Crippen LogP contribution in [-0.4, -0.2) is 46.9 Å². The number of esters is 1. The molecule has 0 bridgehead atoms. The number of nitrogens with zero attached hydrogens (tertiary/aromatic N) is 2. The first kappa shape index (κ1) is 25.3. The van der Waals surface area contributed by atoms with Gasteiger partial charge in [0, 0.05) is 66.5 Å². The van der Waals surface area contributed by atoms with Crippen molar-refractivity contribution in [1.82, 2.24) is 9.88 Å². The van der Waals surface area contributed by atoms with Gasteiger partial charge >= 0.3 is 5.97 Å². The van der Waals surface area contributed by atoms with Gasteiger partial charge in [0.05, 0.1) is 5.56 Å². The molecule has 1 aliphatic heterocycles. The molecule has 6 nitrogen and oxygen atoms in total. The summed E-state index contributed by atoms with van der Waals surface area (Å²) in [5.41, 5.74) is 4.48. The van der Waals surface area contributed by atoms with E-state index in [1.165, 1.54) is 10.9 Å². The number of ketones is 1. The van der Waals surface area contributed by atoms with Gasteiger partial charge in [0.15, 0.2) is 5.78 Å². The normalized spacial score (nSPS) is 17.6. The SMILES string of the molecule is O=C(Cc1cccc(CN2CCC(Nc3cccc4cnccc34)C2)c1)c1ccc(C(=O)OC2CCC2)cc1. The van der Waals surface area contributed by atoms with Crippen LogP contribution in [0, 0.1) is 0 Å². The molecule has 3 aromatic carbocycles. The average Bonchev–Trinajstić information content (AvgIpc) is 3.37. The van der Waals surface area contributed by atoms with Crippen LogP contribution in [0.2, 0.25) is 0 Å². The Morgan fingerprint density at radius 3 is 2.54 bits per heavy atom. The Bertz CT molecular complexity index is 1470. The summed E-state index contributed by atoms with van der Waals surface area (Å²) < 4.78 is 5.46. The second kappa shape index (κ2) is 11.4. The van der Waals surface area contributed by atoms with Gasteiger partial charge in [-0.05, 0) is 61.1 Å². The molecule has 1 atom stereocenters. The minimum Gasteiger partial charge on any atom is -0.459 e. The number of rotatable bonds is 9. The Kier molecular flexibility index (Phi) is 7.37. The second-order valence-corrected chi connectivity index (χ2v) is 10.7. The Labute approximate surface area is 229 Å². The Morgan fingerprint density at radius 2 is 1.72 bits per heavy atom. The van der Waals surface area contributed by atoms with Crippen molar-refractivity contribution in [1.29, 1.82) is 0 Å². The Morgan fingerprint density at radius 1 is 0.923 bits per heavy atom. The van der Waals surface area contributed by atoms with Gasteiger partial charge in [0.1, 0.15) is 6.10 Å². The summed E-state index contributed by atoms with van der Waals surface area (Å²) in [6.45, 7) is 2.86. The van der Waals surface area contributed by atoms with Gasteiger partial charge in [-0.15, -0.1) is 0 Å². The lowest BCUT2D eigenvalue weighted by Gasteiger charge is -2.25. The highest BCUT2D eigenvalue weighted by atomic mass is 16.5. The number of hydrogen-bond donors (Lipinski definition) is 1. The highest BCUT2D eigenvalue weighted by Crippen LogP contribution is 2.26. The lowest BCUT2D eigenvalue weighted by atomic mass is 9.96. The standard InChI is InChI=1S/C33H33N3O3/c37-32(25-10-12-26(13-11-25)33(38)39-29-7-3-8-29)19-23-4-1-5-24(18-23)21-36-17-15-28(22-36)35-31-9-2-6-27-20-34-16-14-30(27)31/h1-2,4-6,9-14,16,18,20,28-29,35H,3,7-8,15,17,19,21-22H2. The van der Waals surface area contributed by atoms with Gasteiger partial charge in [-0.25, -0.2) is 4.79 Å². The number of carbonyl (C=O) groups is 2. The summed E-state index contributed by atoms with van der Waals surface area (Å²) >= 11 is 0. The van der Waals surface area contributed by atoms with Crippen molar-refractivity contribution in [3.8, 4) is 0 Å². The number of carbonyl (C=O) groups excluding carboxylic acids is 2. The fourth-order valence-corrected chi connectivity index (χ4v) is 5.45. The highest BCUT2D eigenvalue weighted by molar-refractivity contribution is 5.99. The third-order valence-corrected chi connectivity index (χ3v) is 7.84. The molecule has 0 amide bonds. The number of pyridine rings is 1. The predicted octanol–water partition coefficient (Wildman–Crippen LogP) is 6.06. The molecule has 4 aromatic rings. The number of ether oxygens (including phenoxy) is 1. The summed E-state index contributed by atoms with van der Waals surface area (Å²) in [5.74, 6) is -0.262. The molecule has 2 aliphatic rings. The monoisotopic (exact) mass is 519 g/mol. The fourth-order valence-electron chi connectivity index (χ4n) is 5.45. The maximum atomic E-state index is 13.0. The van der Waals surface area contributed by atoms with E-state index in [0.29, 0.717) is 23.6 Å². The third-order valence-electron chi connectivity index (χ3n) is 7.84. The van der Waals surface area contributed by atoms with Gasteiger partial charge in [-0.2, -0.15) is 0 Å². The van der Waals surface area contributed by atoms with E-state index in [2.05, 4.69) is 51.6 Å². The lowest BCUT2D eigenvalue weighted by Crippen LogP contribution is -2.26. The van der Waals surface area contributed by atoms with Crippen molar-refractivity contribution in [2.24, 2.45) is 0 Å². The van der Waals surface area contributed by atoms with Crippen LogP contribution in [0.1, 0.15) is 57.5 Å². The van der Waals surface area contributed by atoms with Crippen molar-refractivity contribution in [3.63, 3.8) is 0 Å². The molecule has 6 heteroatoms. The molecule has 198 valence electrons. The largest absolute Gasteiger partial charge is 0.459 e. The maximum Gasteiger partial charge on any atom is 0.338 e. The van der Waals surface area contributed by atoms with Gasteiger partial charge in [-0.3, -0.25) is 14.7 Å². The van der Waals surface area contributed by atoms with E-state index >= 15 is 0 Å². The average molecular weight is 520 g/mol. The van der Waals surface area contributed by atoms with E-state index < -0.39 is 0 Å². The summed E-state index contributed by atoms with van der Waals surface area (Å²) in [5, 5.41) is 6.08. The molecule has 6 rings (SSSR count). The van der Waals surface area contributed by atoms with Crippen molar-refractivity contribution < 1.29 is 14.3 Å². The summed E-state index contributed by atoms with van der Waals surface area (Å²) in [7, 11) is 0. The van der Waals surface area contributed by atoms with Crippen LogP contribution < -0.4 is 5.32 Å². The Hall–Kier alpha value is -4.03. The van der Waals surface area contributed by atoms with E-state index in [1.807, 2.05) is 24.5 Å². The first-order valence-electron chi connectivity index (χ1n) is 13.8. The smallest absolute Gasteiger partial charge is 0.338 e. The fraction of sp³-hybridized carbons (Fsp3) is 0.303. The molecule has 2 fully saturated rings. The molecule has 39 heavy (non-hydrogen) atoms. The number of Topliss-reactive ketones (excluding diaryl/α,β-unsaturated/α-hetero) is 1. The molecule has 1 N–H and O–H groups in total. The zero-order valence-corrected chi connectivity index (χ0v) is 22.0. The summed E-state index contributed by atoms with van der Waals surface area (Å²) in [6.07, 6.45) is 8.22. The molecule has 1 aliphatic carbocycles. The van der Waals surface area contributed by atoms with Crippen LogP contribution >= 0.6 is 0 Å². The predicted molar refractivity (Wildman–Crippen MR) is 153 cm³/mol. The zero-order chi connectivity index (χ0) is 26.6. The van der Waals surface area contributed by atoms with E-state index in [0.717, 1.165) is 62.0 Å². The summed E-state index contributed by atoms with van der Waals surface area (Å²) in [6, 6.07) is 23.9. The molecule has 1 unspecified atom stereocenters. The van der Waals surface area contributed by atoms with Crippen molar-refractivity contribution in [3.05, 3.63) is 107 Å². The minimum atomic E-state index is -0.305. The van der Waals surface area contributed by atoms with E-state index in [-0.39, 0.29) is 17.9 Å². The number of aromatic nitrogens is 1. The van der Waals surface area contributed by atoms with E-state index in [9.17, 15) is 9.59 Å². The molecular formula is C33H33N3O3. The number of anilines is 1. The molecule has 1 aromatic heterocycles. The molecule has 1 saturated carbocycles. The van der Waals surface area contributed by atoms with Crippen molar-refractivity contribution in [2.45, 2.75) is 50.8 Å². The lowest BCUT2D eigenvalue weighted by molar-refractivity contribution is 0.00899. The number of likely N-dealkylation sites (tertiary alicyclic amines) is 1. The quantitative estimate of drug-likeness (QED) is 0.214. The molecule has 0 radical (unpaired) electrons. The first-order valence-corrected chi connectivity index (χ1v) is 13.8. The number of benzene rings is 3. The minimum absolute atomic E-state index is 0.0433. The van der Waals surface area contributed by atoms with Crippen LogP contribution in [0.15, 0.2) is 85.2 Å². The van der Waals surface area contributed by atoms with Crippen LogP contribution in [-0.2, 0) is 17.7 Å². The number of fused-ring (bicyclic) bond motifs is 1. The molecule has 2 heterocycles. The van der Waals surface area contributed by atoms with Crippen molar-refractivity contribution >= 4 is 28.2 Å².